The summed E-state index contributed by atoms with van der Waals surface area (Å²) in [5.74, 6) is 0. The average molecular weight is 262 g/mol. The van der Waals surface area contributed by atoms with Gasteiger partial charge in [-0.15, -0.1) is 0 Å². The van der Waals surface area contributed by atoms with E-state index in [0.29, 0.717) is 19.5 Å². The van der Waals surface area contributed by atoms with Crippen molar-refractivity contribution in [3.05, 3.63) is 22.2 Å². The van der Waals surface area contributed by atoms with Crippen LogP contribution in [0.5, 0.6) is 0 Å². The minimum absolute atomic E-state index is 0.189. The van der Waals surface area contributed by atoms with E-state index in [0.717, 1.165) is 23.4 Å². The molecule has 0 amide bonds. The number of halogens is 3. The molecular formula is C11H14ClF2N3. The molecule has 1 aromatic rings. The number of hydrogen-bond donors (Lipinski definition) is 0. The van der Waals surface area contributed by atoms with E-state index in [1.165, 1.54) is 0 Å². The van der Waals surface area contributed by atoms with Crippen LogP contribution >= 0.6 is 11.6 Å². The largest absolute Gasteiger partial charge is 0.293 e. The lowest BCUT2D eigenvalue weighted by atomic mass is 10.0. The van der Waals surface area contributed by atoms with Crippen molar-refractivity contribution in [2.24, 2.45) is 0 Å². The molecule has 0 saturated carbocycles. The molecule has 0 bridgehead atoms. The molecule has 94 valence electrons. The number of aryl methyl sites for hydroxylation is 1. The molecule has 1 aromatic heterocycles. The molecule has 0 N–H and O–H groups in total. The van der Waals surface area contributed by atoms with Crippen LogP contribution in [0, 0.1) is 0 Å². The third kappa shape index (κ3) is 2.90. The molecule has 2 heterocycles. The molecule has 2 rings (SSSR count). The third-order valence-corrected chi connectivity index (χ3v) is 3.10. The van der Waals surface area contributed by atoms with Gasteiger partial charge in [0.25, 0.3) is 6.43 Å². The van der Waals surface area contributed by atoms with Gasteiger partial charge >= 0.3 is 0 Å². The van der Waals surface area contributed by atoms with E-state index in [1.54, 1.807) is 4.90 Å². The summed E-state index contributed by atoms with van der Waals surface area (Å²) >= 11 is 5.83. The first kappa shape index (κ1) is 12.6. The summed E-state index contributed by atoms with van der Waals surface area (Å²) < 4.78 is 24.7. The summed E-state index contributed by atoms with van der Waals surface area (Å²) in [7, 11) is 0. The van der Waals surface area contributed by atoms with E-state index in [2.05, 4.69) is 9.97 Å². The van der Waals surface area contributed by atoms with Crippen LogP contribution in [0.1, 0.15) is 23.9 Å². The molecule has 6 heteroatoms. The maximum absolute atomic E-state index is 12.3. The second kappa shape index (κ2) is 5.23. The molecule has 0 unspecified atom stereocenters. The van der Waals surface area contributed by atoms with E-state index in [-0.39, 0.29) is 11.8 Å². The molecule has 0 aromatic carbocycles. The van der Waals surface area contributed by atoms with E-state index >= 15 is 0 Å². The van der Waals surface area contributed by atoms with Crippen LogP contribution in [0.2, 0.25) is 5.28 Å². The normalized spacial score (nSPS) is 16.3. The molecule has 3 nitrogen and oxygen atoms in total. The molecule has 0 aliphatic carbocycles. The van der Waals surface area contributed by atoms with Gasteiger partial charge in [0.05, 0.1) is 12.2 Å². The molecule has 17 heavy (non-hydrogen) atoms. The Morgan fingerprint density at radius 2 is 2.18 bits per heavy atom. The summed E-state index contributed by atoms with van der Waals surface area (Å²) in [6.45, 7) is 2.89. The fourth-order valence-electron chi connectivity index (χ4n) is 2.15. The minimum atomic E-state index is -2.30. The Kier molecular flexibility index (Phi) is 3.89. The molecule has 0 radical (unpaired) electrons. The number of aromatic nitrogens is 2. The Morgan fingerprint density at radius 3 is 2.82 bits per heavy atom. The van der Waals surface area contributed by atoms with Crippen molar-refractivity contribution in [3.8, 4) is 0 Å². The summed E-state index contributed by atoms with van der Waals surface area (Å²) in [4.78, 5) is 10.1. The van der Waals surface area contributed by atoms with Crippen molar-refractivity contribution in [1.29, 1.82) is 0 Å². The minimum Gasteiger partial charge on any atom is -0.293 e. The first-order chi connectivity index (χ1) is 8.10. The number of alkyl halides is 2. The summed E-state index contributed by atoms with van der Waals surface area (Å²) in [6.07, 6.45) is -0.889. The Labute approximate surface area is 104 Å². The van der Waals surface area contributed by atoms with Gasteiger partial charge in [-0.2, -0.15) is 0 Å². The number of rotatable bonds is 3. The van der Waals surface area contributed by atoms with Crippen molar-refractivity contribution >= 4 is 11.6 Å². The topological polar surface area (TPSA) is 29.0 Å². The highest BCUT2D eigenvalue weighted by Gasteiger charge is 2.23. The second-order valence-electron chi connectivity index (χ2n) is 4.09. The standard InChI is InChI=1S/C11H14ClF2N3/c1-2-8-7-5-17(6-10(13)14)4-3-9(7)16-11(12)15-8/h10H,2-6H2,1H3. The highest BCUT2D eigenvalue weighted by molar-refractivity contribution is 6.28. The maximum Gasteiger partial charge on any atom is 0.251 e. The molecule has 1 aliphatic heterocycles. The van der Waals surface area contributed by atoms with Crippen LogP contribution < -0.4 is 0 Å². The van der Waals surface area contributed by atoms with Gasteiger partial charge in [-0.25, -0.2) is 18.7 Å². The second-order valence-corrected chi connectivity index (χ2v) is 4.43. The predicted molar refractivity (Wildman–Crippen MR) is 61.4 cm³/mol. The van der Waals surface area contributed by atoms with Crippen molar-refractivity contribution in [1.82, 2.24) is 14.9 Å². The van der Waals surface area contributed by atoms with Gasteiger partial charge in [0, 0.05) is 30.8 Å². The van der Waals surface area contributed by atoms with Gasteiger partial charge in [-0.3, -0.25) is 4.90 Å². The van der Waals surface area contributed by atoms with Crippen LogP contribution in [-0.2, 0) is 19.4 Å². The van der Waals surface area contributed by atoms with Gasteiger partial charge in [-0.05, 0) is 18.0 Å². The van der Waals surface area contributed by atoms with E-state index in [1.807, 2.05) is 6.92 Å². The highest BCUT2D eigenvalue weighted by Crippen LogP contribution is 2.22. The number of fused-ring (bicyclic) bond motifs is 1. The Morgan fingerprint density at radius 1 is 1.41 bits per heavy atom. The predicted octanol–water partition coefficient (Wildman–Crippen LogP) is 2.32. The van der Waals surface area contributed by atoms with Crippen LogP contribution in [0.4, 0.5) is 8.78 Å². The van der Waals surface area contributed by atoms with E-state index in [4.69, 9.17) is 11.6 Å². The van der Waals surface area contributed by atoms with Gasteiger partial charge in [0.15, 0.2) is 0 Å². The first-order valence-electron chi connectivity index (χ1n) is 5.64. The zero-order valence-electron chi connectivity index (χ0n) is 9.59. The fraction of sp³-hybridized carbons (Fsp3) is 0.636. The van der Waals surface area contributed by atoms with Gasteiger partial charge in [0.2, 0.25) is 5.28 Å². The third-order valence-electron chi connectivity index (χ3n) is 2.93. The number of hydrogen-bond acceptors (Lipinski definition) is 3. The lowest BCUT2D eigenvalue weighted by Crippen LogP contribution is -2.35. The molecule has 0 fully saturated rings. The fourth-order valence-corrected chi connectivity index (χ4v) is 2.35. The van der Waals surface area contributed by atoms with Crippen LogP contribution in [0.3, 0.4) is 0 Å². The quantitative estimate of drug-likeness (QED) is 0.782. The molecule has 0 spiro atoms. The lowest BCUT2D eigenvalue weighted by molar-refractivity contribution is 0.0814. The van der Waals surface area contributed by atoms with Crippen molar-refractivity contribution < 1.29 is 8.78 Å². The summed E-state index contributed by atoms with van der Waals surface area (Å²) in [6, 6.07) is 0. The average Bonchev–Trinajstić information content (AvgIpc) is 2.27. The van der Waals surface area contributed by atoms with Gasteiger partial charge in [-0.1, -0.05) is 6.92 Å². The zero-order chi connectivity index (χ0) is 12.4. The molecular weight excluding hydrogens is 248 g/mol. The van der Waals surface area contributed by atoms with E-state index in [9.17, 15) is 8.78 Å². The van der Waals surface area contributed by atoms with Crippen molar-refractivity contribution in [3.63, 3.8) is 0 Å². The zero-order valence-corrected chi connectivity index (χ0v) is 10.3. The first-order valence-corrected chi connectivity index (χ1v) is 6.02. The van der Waals surface area contributed by atoms with Gasteiger partial charge in [0.1, 0.15) is 0 Å². The Balaban J connectivity index is 2.24. The van der Waals surface area contributed by atoms with Crippen LogP contribution in [-0.4, -0.2) is 34.4 Å². The Bertz CT molecular complexity index is 395. The van der Waals surface area contributed by atoms with Crippen LogP contribution in [0.15, 0.2) is 0 Å². The summed E-state index contributed by atoms with van der Waals surface area (Å²) in [5.41, 5.74) is 2.76. The summed E-state index contributed by atoms with van der Waals surface area (Å²) in [5, 5.41) is 0.253. The van der Waals surface area contributed by atoms with Crippen molar-refractivity contribution in [2.45, 2.75) is 32.7 Å². The smallest absolute Gasteiger partial charge is 0.251 e. The highest BCUT2D eigenvalue weighted by atomic mass is 35.5. The van der Waals surface area contributed by atoms with E-state index < -0.39 is 6.43 Å². The lowest BCUT2D eigenvalue weighted by Gasteiger charge is -2.28. The monoisotopic (exact) mass is 261 g/mol. The van der Waals surface area contributed by atoms with Crippen molar-refractivity contribution in [2.75, 3.05) is 13.1 Å². The SMILES string of the molecule is CCc1nc(Cl)nc2c1CN(CC(F)F)CC2. The Hall–Kier alpha value is -0.810. The molecule has 1 aliphatic rings. The number of nitrogens with zero attached hydrogens (tertiary/aromatic N) is 3. The molecule has 0 atom stereocenters. The maximum atomic E-state index is 12.3. The van der Waals surface area contributed by atoms with Gasteiger partial charge < -0.3 is 0 Å². The van der Waals surface area contributed by atoms with Crippen LogP contribution in [0.25, 0.3) is 0 Å². The molecule has 0 saturated heterocycles.